The number of aliphatic hydroxyl groups excluding tert-OH is 1. The Hall–Kier alpha value is -1.70. The van der Waals surface area contributed by atoms with Crippen molar-refractivity contribution in [3.05, 3.63) is 0 Å². The molecule has 30 heavy (non-hydrogen) atoms. The Bertz CT molecular complexity index is 925. The van der Waals surface area contributed by atoms with E-state index in [0.29, 0.717) is 5.75 Å². The molecule has 1 N–H and O–H groups in total. The third-order valence-electron chi connectivity index (χ3n) is 4.80. The maximum atomic E-state index is 12.7. The van der Waals surface area contributed by atoms with E-state index in [9.17, 15) is 18.3 Å². The van der Waals surface area contributed by atoms with Gasteiger partial charge in [-0.05, 0) is 20.3 Å². The van der Waals surface area contributed by atoms with Gasteiger partial charge in [0.05, 0.1) is 12.1 Å². The molecule has 13 heteroatoms. The second-order valence-electron chi connectivity index (χ2n) is 7.71. The van der Waals surface area contributed by atoms with Crippen LogP contribution in [0.15, 0.2) is 5.16 Å². The third kappa shape index (κ3) is 4.20. The maximum Gasteiger partial charge on any atom is 0.422 e. The Kier molecular flexibility index (Phi) is 5.58. The van der Waals surface area contributed by atoms with Crippen molar-refractivity contribution in [2.24, 2.45) is 0 Å². The van der Waals surface area contributed by atoms with Crippen molar-refractivity contribution < 1.29 is 32.5 Å². The number of aliphatic hydroxyl groups is 1. The molecule has 0 spiro atoms. The number of thioether (sulfide) groups is 1. The minimum atomic E-state index is -4.52. The van der Waals surface area contributed by atoms with Gasteiger partial charge in [-0.2, -0.15) is 18.2 Å². The molecule has 1 saturated carbocycles. The quantitative estimate of drug-likeness (QED) is 0.526. The number of aromatic nitrogens is 5. The summed E-state index contributed by atoms with van der Waals surface area (Å²) in [5.74, 6) is -0.464. The predicted molar refractivity (Wildman–Crippen MR) is 99.2 cm³/mol. The van der Waals surface area contributed by atoms with Gasteiger partial charge in [0.25, 0.3) is 0 Å². The lowest BCUT2D eigenvalue weighted by molar-refractivity contribution is -0.165. The Labute approximate surface area is 174 Å². The van der Waals surface area contributed by atoms with Crippen molar-refractivity contribution in [3.8, 4) is 5.88 Å². The third-order valence-corrected chi connectivity index (χ3v) is 5.85. The van der Waals surface area contributed by atoms with E-state index in [4.69, 9.17) is 14.2 Å². The zero-order valence-electron chi connectivity index (χ0n) is 16.6. The number of nitrogens with zero attached hydrogens (tertiary/aromatic N) is 5. The normalized spacial score (nSPS) is 28.2. The molecule has 9 nitrogen and oxygen atoms in total. The van der Waals surface area contributed by atoms with Gasteiger partial charge in [0, 0.05) is 12.2 Å². The lowest BCUT2D eigenvalue weighted by Gasteiger charge is -2.22. The van der Waals surface area contributed by atoms with Crippen LogP contribution >= 0.6 is 11.8 Å². The Morgan fingerprint density at radius 3 is 2.70 bits per heavy atom. The zero-order chi connectivity index (χ0) is 21.7. The summed E-state index contributed by atoms with van der Waals surface area (Å²) in [4.78, 5) is 8.54. The summed E-state index contributed by atoms with van der Waals surface area (Å²) in [5, 5.41) is 18.7. The highest BCUT2D eigenvalue weighted by molar-refractivity contribution is 7.99. The van der Waals surface area contributed by atoms with E-state index in [1.165, 1.54) is 16.4 Å². The summed E-state index contributed by atoms with van der Waals surface area (Å²) in [6.45, 7) is 3.97. The molecule has 2 fully saturated rings. The number of halogens is 3. The molecule has 1 saturated heterocycles. The van der Waals surface area contributed by atoms with Gasteiger partial charge >= 0.3 is 6.18 Å². The van der Waals surface area contributed by atoms with Crippen molar-refractivity contribution in [2.75, 3.05) is 12.4 Å². The molecule has 1 aliphatic heterocycles. The Morgan fingerprint density at radius 1 is 1.27 bits per heavy atom. The number of hydrogen-bond acceptors (Lipinski definition) is 9. The molecule has 0 aromatic carbocycles. The number of hydrogen-bond donors (Lipinski definition) is 1. The standard InChI is InChI=1S/C17H22F3N5O4S/c1-4-5-30-15-21-13-10(14(22-15)27-7-17(18,19)20)23-24-25(13)8-6-9(26)12-11(8)28-16(2,3)29-12/h8-9,11-12,26H,4-7H2,1-3H3/t8-,9-,11-,12-/m0/s1. The summed E-state index contributed by atoms with van der Waals surface area (Å²) in [7, 11) is 0. The van der Waals surface area contributed by atoms with E-state index in [1.807, 2.05) is 6.92 Å². The number of alkyl halides is 3. The van der Waals surface area contributed by atoms with Gasteiger partial charge in [-0.15, -0.1) is 5.10 Å². The molecular formula is C17H22F3N5O4S. The van der Waals surface area contributed by atoms with Crippen LogP contribution in [0.4, 0.5) is 13.2 Å². The van der Waals surface area contributed by atoms with Crippen LogP contribution in [-0.4, -0.2) is 72.7 Å². The molecule has 1 aliphatic carbocycles. The Morgan fingerprint density at radius 2 is 2.00 bits per heavy atom. The minimum absolute atomic E-state index is 0.0243. The molecule has 0 amide bonds. The van der Waals surface area contributed by atoms with Crippen LogP contribution in [0.5, 0.6) is 5.88 Å². The maximum absolute atomic E-state index is 12.7. The molecule has 3 heterocycles. The van der Waals surface area contributed by atoms with E-state index < -0.39 is 42.9 Å². The first-order valence-electron chi connectivity index (χ1n) is 9.57. The largest absolute Gasteiger partial charge is 0.466 e. The molecule has 4 atom stereocenters. The minimum Gasteiger partial charge on any atom is -0.466 e. The summed E-state index contributed by atoms with van der Waals surface area (Å²) in [6, 6.07) is -0.453. The molecular weight excluding hydrogens is 427 g/mol. The van der Waals surface area contributed by atoms with Gasteiger partial charge in [-0.25, -0.2) is 9.67 Å². The van der Waals surface area contributed by atoms with Gasteiger partial charge in [0.2, 0.25) is 5.88 Å². The molecule has 2 aromatic rings. The van der Waals surface area contributed by atoms with E-state index in [1.54, 1.807) is 13.8 Å². The van der Waals surface area contributed by atoms with Crippen LogP contribution in [0.1, 0.15) is 39.7 Å². The van der Waals surface area contributed by atoms with Crippen molar-refractivity contribution in [1.29, 1.82) is 0 Å². The summed E-state index contributed by atoms with van der Waals surface area (Å²) < 4.78 is 56.2. The highest BCUT2D eigenvalue weighted by atomic mass is 32.2. The second kappa shape index (κ2) is 7.77. The van der Waals surface area contributed by atoms with E-state index in [0.717, 1.165) is 6.42 Å². The topological polar surface area (TPSA) is 104 Å². The molecule has 4 rings (SSSR count). The second-order valence-corrected chi connectivity index (χ2v) is 8.77. The average molecular weight is 449 g/mol. The van der Waals surface area contributed by atoms with Crippen LogP contribution in [0.3, 0.4) is 0 Å². The Balaban J connectivity index is 1.72. The number of fused-ring (bicyclic) bond motifs is 2. The van der Waals surface area contributed by atoms with Crippen molar-refractivity contribution in [2.45, 2.75) is 75.1 Å². The van der Waals surface area contributed by atoms with Gasteiger partial charge in [-0.1, -0.05) is 23.9 Å². The van der Waals surface area contributed by atoms with E-state index >= 15 is 0 Å². The van der Waals surface area contributed by atoms with Crippen LogP contribution in [0.25, 0.3) is 11.2 Å². The first-order chi connectivity index (χ1) is 14.1. The lowest BCUT2D eigenvalue weighted by atomic mass is 10.2. The smallest absolute Gasteiger partial charge is 0.422 e. The first-order valence-corrected chi connectivity index (χ1v) is 10.6. The van der Waals surface area contributed by atoms with E-state index in [-0.39, 0.29) is 28.6 Å². The molecule has 2 aliphatic rings. The van der Waals surface area contributed by atoms with Gasteiger partial charge in [0.1, 0.15) is 12.2 Å². The average Bonchev–Trinajstić information content (AvgIpc) is 3.29. The summed E-state index contributed by atoms with van der Waals surface area (Å²) >= 11 is 1.30. The van der Waals surface area contributed by atoms with Crippen molar-refractivity contribution in [3.63, 3.8) is 0 Å². The fourth-order valence-electron chi connectivity index (χ4n) is 3.69. The summed E-state index contributed by atoms with van der Waals surface area (Å²) in [6.07, 6.45) is -5.22. The number of ether oxygens (including phenoxy) is 3. The van der Waals surface area contributed by atoms with Gasteiger partial charge in [-0.3, -0.25) is 0 Å². The summed E-state index contributed by atoms with van der Waals surface area (Å²) in [5.41, 5.74) is 0.253. The van der Waals surface area contributed by atoms with Gasteiger partial charge in [0.15, 0.2) is 28.7 Å². The van der Waals surface area contributed by atoms with Crippen molar-refractivity contribution in [1.82, 2.24) is 25.0 Å². The fourth-order valence-corrected chi connectivity index (χ4v) is 4.37. The van der Waals surface area contributed by atoms with Crippen LogP contribution in [0.2, 0.25) is 0 Å². The molecule has 0 bridgehead atoms. The highest BCUT2D eigenvalue weighted by Gasteiger charge is 2.55. The van der Waals surface area contributed by atoms with Crippen LogP contribution in [0, 0.1) is 0 Å². The predicted octanol–water partition coefficient (Wildman–Crippen LogP) is 2.49. The molecule has 0 radical (unpaired) electrons. The number of rotatable bonds is 6. The molecule has 2 aromatic heterocycles. The highest BCUT2D eigenvalue weighted by Crippen LogP contribution is 2.44. The molecule has 166 valence electrons. The van der Waals surface area contributed by atoms with Crippen LogP contribution in [-0.2, 0) is 9.47 Å². The fraction of sp³-hybridized carbons (Fsp3) is 0.765. The molecule has 0 unspecified atom stereocenters. The van der Waals surface area contributed by atoms with Crippen molar-refractivity contribution >= 4 is 22.9 Å². The first kappa shape index (κ1) is 21.5. The van der Waals surface area contributed by atoms with Crippen LogP contribution < -0.4 is 4.74 Å². The monoisotopic (exact) mass is 449 g/mol. The lowest BCUT2D eigenvalue weighted by Crippen LogP contribution is -2.29. The van der Waals surface area contributed by atoms with E-state index in [2.05, 4.69) is 20.3 Å². The SMILES string of the molecule is CCCSc1nc(OCC(F)(F)F)c2nnn([C@H]3C[C@H](O)[C@@H]4OC(C)(C)O[C@H]43)c2n1. The zero-order valence-corrected chi connectivity index (χ0v) is 17.4. The van der Waals surface area contributed by atoms with Gasteiger partial charge < -0.3 is 19.3 Å².